The fourth-order valence-corrected chi connectivity index (χ4v) is 1.48. The van der Waals surface area contributed by atoms with E-state index in [1.54, 1.807) is 0 Å². The van der Waals surface area contributed by atoms with E-state index in [0.717, 1.165) is 6.42 Å². The van der Waals surface area contributed by atoms with E-state index >= 15 is 0 Å². The summed E-state index contributed by atoms with van der Waals surface area (Å²) in [6.45, 7) is -0.188. The number of aliphatic carboxylic acids is 2. The van der Waals surface area contributed by atoms with Crippen molar-refractivity contribution in [3.63, 3.8) is 0 Å². The maximum atomic E-state index is 10.8. The van der Waals surface area contributed by atoms with Crippen LogP contribution < -0.4 is 0 Å². The van der Waals surface area contributed by atoms with Gasteiger partial charge in [0, 0.05) is 6.42 Å². The Morgan fingerprint density at radius 1 is 1.00 bits per heavy atom. The molecule has 0 radical (unpaired) electrons. The highest BCUT2D eigenvalue weighted by atomic mass is 16.5. The van der Waals surface area contributed by atoms with Crippen LogP contribution in [0.15, 0.2) is 0 Å². The van der Waals surface area contributed by atoms with Crippen LogP contribution in [0.25, 0.3) is 0 Å². The number of unbranched alkanes of at least 4 members (excludes halogenated alkanes) is 2. The quantitative estimate of drug-likeness (QED) is 0.427. The lowest BCUT2D eigenvalue weighted by Crippen LogP contribution is -2.35. The Morgan fingerprint density at radius 2 is 1.56 bits per heavy atom. The summed E-state index contributed by atoms with van der Waals surface area (Å²) in [4.78, 5) is 33.2. The van der Waals surface area contributed by atoms with E-state index in [2.05, 4.69) is 4.74 Å². The van der Waals surface area contributed by atoms with Gasteiger partial charge in [0.2, 0.25) is 0 Å². The van der Waals surface area contributed by atoms with Crippen molar-refractivity contribution in [2.45, 2.75) is 25.7 Å². The first-order valence-electron chi connectivity index (χ1n) is 5.68. The Labute approximate surface area is 105 Å². The zero-order chi connectivity index (χ0) is 14.0. The number of ether oxygens (including phenoxy) is 1. The smallest absolute Gasteiger partial charge is 0.317 e. The Kier molecular flexibility index (Phi) is 8.55. The molecule has 104 valence electrons. The fourth-order valence-electron chi connectivity index (χ4n) is 1.48. The number of carboxylic acids is 2. The molecule has 0 spiro atoms. The van der Waals surface area contributed by atoms with Gasteiger partial charge in [-0.15, -0.1) is 0 Å². The maximum absolute atomic E-state index is 10.8. The van der Waals surface area contributed by atoms with Gasteiger partial charge < -0.3 is 14.9 Å². The number of rotatable bonds is 10. The highest BCUT2D eigenvalue weighted by Gasteiger charge is 2.12. The molecule has 0 amide bonds. The van der Waals surface area contributed by atoms with Crippen LogP contribution in [-0.4, -0.2) is 59.8 Å². The second kappa shape index (κ2) is 9.41. The molecule has 0 atom stereocenters. The Balaban J connectivity index is 3.78. The minimum absolute atomic E-state index is 0.275. The number of carbonyl (C=O) groups is 3. The summed E-state index contributed by atoms with van der Waals surface area (Å²) in [5, 5.41) is 17.2. The molecule has 0 aliphatic carbocycles. The summed E-state index contributed by atoms with van der Waals surface area (Å²) in [7, 11) is 1.32. The normalized spacial score (nSPS) is 10.3. The third-order valence-corrected chi connectivity index (χ3v) is 2.30. The van der Waals surface area contributed by atoms with Crippen molar-refractivity contribution in [1.29, 1.82) is 0 Å². The van der Waals surface area contributed by atoms with Crippen LogP contribution >= 0.6 is 0 Å². The van der Waals surface area contributed by atoms with Crippen molar-refractivity contribution >= 4 is 17.9 Å². The molecule has 0 heterocycles. The fraction of sp³-hybridized carbons (Fsp3) is 0.727. The summed E-state index contributed by atoms with van der Waals surface area (Å²) in [5.41, 5.74) is 0. The van der Waals surface area contributed by atoms with E-state index in [9.17, 15) is 14.4 Å². The van der Waals surface area contributed by atoms with E-state index in [4.69, 9.17) is 10.2 Å². The van der Waals surface area contributed by atoms with Crippen LogP contribution in [0.5, 0.6) is 0 Å². The topological polar surface area (TPSA) is 104 Å². The van der Waals surface area contributed by atoms with E-state index in [0.29, 0.717) is 25.8 Å². The molecule has 7 nitrogen and oxygen atoms in total. The first-order chi connectivity index (χ1) is 8.45. The number of hydrogen-bond donors (Lipinski definition) is 2. The van der Waals surface area contributed by atoms with Crippen molar-refractivity contribution in [2.24, 2.45) is 0 Å². The SMILES string of the molecule is COC(=O)CCCCCN(CC(=O)O)CC(=O)O. The molecule has 0 unspecified atom stereocenters. The van der Waals surface area contributed by atoms with Crippen molar-refractivity contribution in [3.05, 3.63) is 0 Å². The number of nitrogens with zero attached hydrogens (tertiary/aromatic N) is 1. The number of carboxylic acid groups (broad SMARTS) is 2. The molecule has 0 aliphatic rings. The molecule has 7 heteroatoms. The molecule has 0 saturated carbocycles. The van der Waals surface area contributed by atoms with Gasteiger partial charge in [-0.25, -0.2) is 0 Å². The molecule has 2 N–H and O–H groups in total. The Bertz CT molecular complexity index is 275. The van der Waals surface area contributed by atoms with Crippen molar-refractivity contribution in [3.8, 4) is 0 Å². The van der Waals surface area contributed by atoms with Crippen LogP contribution in [0.4, 0.5) is 0 Å². The summed E-state index contributed by atoms with van der Waals surface area (Å²) in [6, 6.07) is 0. The van der Waals surface area contributed by atoms with Crippen LogP contribution in [0, 0.1) is 0 Å². The summed E-state index contributed by atoms with van der Waals surface area (Å²) in [6.07, 6.45) is 2.36. The summed E-state index contributed by atoms with van der Waals surface area (Å²) >= 11 is 0. The molecule has 0 rings (SSSR count). The lowest BCUT2D eigenvalue weighted by atomic mass is 10.2. The zero-order valence-corrected chi connectivity index (χ0v) is 10.4. The molecule has 18 heavy (non-hydrogen) atoms. The van der Waals surface area contributed by atoms with Crippen molar-refractivity contribution in [1.82, 2.24) is 4.90 Å². The maximum Gasteiger partial charge on any atom is 0.317 e. The molecule has 0 aromatic rings. The number of carbonyl (C=O) groups excluding carboxylic acids is 1. The van der Waals surface area contributed by atoms with E-state index in [-0.39, 0.29) is 19.1 Å². The van der Waals surface area contributed by atoms with Gasteiger partial charge >= 0.3 is 17.9 Å². The van der Waals surface area contributed by atoms with Gasteiger partial charge in [0.25, 0.3) is 0 Å². The Hall–Kier alpha value is -1.63. The van der Waals surface area contributed by atoms with Gasteiger partial charge in [-0.1, -0.05) is 6.42 Å². The Morgan fingerprint density at radius 3 is 2.00 bits per heavy atom. The number of esters is 1. The van der Waals surface area contributed by atoms with E-state index < -0.39 is 11.9 Å². The third kappa shape index (κ3) is 9.59. The largest absolute Gasteiger partial charge is 0.480 e. The number of methoxy groups -OCH3 is 1. The summed E-state index contributed by atoms with van der Waals surface area (Å²) < 4.78 is 4.48. The molecule has 0 aromatic heterocycles. The second-order valence-corrected chi connectivity index (χ2v) is 3.88. The minimum Gasteiger partial charge on any atom is -0.480 e. The molecule has 0 aliphatic heterocycles. The van der Waals surface area contributed by atoms with Crippen LogP contribution in [0.3, 0.4) is 0 Å². The highest BCUT2D eigenvalue weighted by Crippen LogP contribution is 2.03. The van der Waals surface area contributed by atoms with E-state index in [1.807, 2.05) is 0 Å². The minimum atomic E-state index is -1.05. The first kappa shape index (κ1) is 16.4. The molecule has 0 bridgehead atoms. The van der Waals surface area contributed by atoms with Gasteiger partial charge in [-0.2, -0.15) is 0 Å². The van der Waals surface area contributed by atoms with E-state index in [1.165, 1.54) is 12.0 Å². The summed E-state index contributed by atoms with van der Waals surface area (Å²) in [5.74, 6) is -2.38. The van der Waals surface area contributed by atoms with Crippen LogP contribution in [0.1, 0.15) is 25.7 Å². The molecular weight excluding hydrogens is 242 g/mol. The predicted octanol–water partition coefficient (Wildman–Crippen LogP) is 0.191. The van der Waals surface area contributed by atoms with Crippen molar-refractivity contribution < 1.29 is 29.3 Å². The first-order valence-corrected chi connectivity index (χ1v) is 5.68. The van der Waals surface area contributed by atoms with Gasteiger partial charge in [-0.05, 0) is 19.4 Å². The highest BCUT2D eigenvalue weighted by molar-refractivity contribution is 5.72. The van der Waals surface area contributed by atoms with Crippen molar-refractivity contribution in [2.75, 3.05) is 26.7 Å². The monoisotopic (exact) mass is 261 g/mol. The lowest BCUT2D eigenvalue weighted by molar-refractivity contribution is -0.142. The average molecular weight is 261 g/mol. The lowest BCUT2D eigenvalue weighted by Gasteiger charge is -2.17. The molecular formula is C11H19NO6. The van der Waals surface area contributed by atoms with Crippen LogP contribution in [-0.2, 0) is 19.1 Å². The standard InChI is InChI=1S/C11H19NO6/c1-18-11(17)5-3-2-4-6-12(7-9(13)14)8-10(15)16/h2-8H2,1H3,(H,13,14)(H,15,16). The predicted molar refractivity (Wildman–Crippen MR) is 62.2 cm³/mol. The molecule has 0 fully saturated rings. The zero-order valence-electron chi connectivity index (χ0n) is 10.4. The average Bonchev–Trinajstić information content (AvgIpc) is 2.26. The molecule has 0 saturated heterocycles. The third-order valence-electron chi connectivity index (χ3n) is 2.30. The number of hydrogen-bond acceptors (Lipinski definition) is 5. The second-order valence-electron chi connectivity index (χ2n) is 3.88. The molecule has 0 aromatic carbocycles. The van der Waals surface area contributed by atoms with Gasteiger partial charge in [0.15, 0.2) is 0 Å². The van der Waals surface area contributed by atoms with Gasteiger partial charge in [0.1, 0.15) is 0 Å². The van der Waals surface area contributed by atoms with Gasteiger partial charge in [0.05, 0.1) is 20.2 Å². The van der Waals surface area contributed by atoms with Gasteiger partial charge in [-0.3, -0.25) is 19.3 Å². The van der Waals surface area contributed by atoms with Crippen LogP contribution in [0.2, 0.25) is 0 Å².